The highest BCUT2D eigenvalue weighted by molar-refractivity contribution is 6.33. The van der Waals surface area contributed by atoms with Gasteiger partial charge >= 0.3 is 0 Å². The predicted octanol–water partition coefficient (Wildman–Crippen LogP) is 4.80. The zero-order valence-corrected chi connectivity index (χ0v) is 15.0. The van der Waals surface area contributed by atoms with Crippen molar-refractivity contribution >= 4 is 28.9 Å². The smallest absolute Gasteiger partial charge is 0.226 e. The van der Waals surface area contributed by atoms with E-state index in [1.165, 1.54) is 0 Å². The van der Waals surface area contributed by atoms with Gasteiger partial charge in [0.25, 0.3) is 0 Å². The minimum Gasteiger partial charge on any atom is -0.492 e. The summed E-state index contributed by atoms with van der Waals surface area (Å²) < 4.78 is 5.51. The predicted molar refractivity (Wildman–Crippen MR) is 100 cm³/mol. The number of carbonyl (C=O) groups is 1. The molecule has 2 N–H and O–H groups in total. The highest BCUT2D eigenvalue weighted by atomic mass is 35.5. The Hall–Kier alpha value is -2.20. The standard InChI is InChI=1S/C19H23ClN2O2/c1-4-24-17-8-6-5-7-16(17)22-18(23)9-10-21-19-14(3)11-13(2)12-15(19)20/h5-8,11-12,21H,4,9-10H2,1-3H3,(H,22,23). The van der Waals surface area contributed by atoms with Crippen LogP contribution < -0.4 is 15.4 Å². The number of aryl methyl sites for hydroxylation is 2. The fourth-order valence-corrected chi connectivity index (χ4v) is 2.89. The van der Waals surface area contributed by atoms with E-state index in [1.54, 1.807) is 0 Å². The van der Waals surface area contributed by atoms with E-state index in [4.69, 9.17) is 16.3 Å². The van der Waals surface area contributed by atoms with Crippen molar-refractivity contribution in [1.29, 1.82) is 0 Å². The van der Waals surface area contributed by atoms with E-state index in [2.05, 4.69) is 16.7 Å². The summed E-state index contributed by atoms with van der Waals surface area (Å²) in [5.41, 5.74) is 3.76. The van der Waals surface area contributed by atoms with Crippen LogP contribution in [0.25, 0.3) is 0 Å². The molecule has 0 spiro atoms. The summed E-state index contributed by atoms with van der Waals surface area (Å²) in [5, 5.41) is 6.80. The molecular formula is C19H23ClN2O2. The van der Waals surface area contributed by atoms with Gasteiger partial charge in [0.2, 0.25) is 5.91 Å². The van der Waals surface area contributed by atoms with E-state index in [1.807, 2.05) is 51.1 Å². The zero-order valence-electron chi connectivity index (χ0n) is 14.3. The van der Waals surface area contributed by atoms with E-state index in [9.17, 15) is 4.79 Å². The van der Waals surface area contributed by atoms with Crippen LogP contribution in [0.15, 0.2) is 36.4 Å². The highest BCUT2D eigenvalue weighted by Crippen LogP contribution is 2.27. The molecule has 5 heteroatoms. The van der Waals surface area contributed by atoms with Crippen LogP contribution in [0.4, 0.5) is 11.4 Å². The molecule has 128 valence electrons. The van der Waals surface area contributed by atoms with E-state index in [0.717, 1.165) is 16.8 Å². The Bertz CT molecular complexity index is 693. The summed E-state index contributed by atoms with van der Waals surface area (Å²) in [6.07, 6.45) is 0.337. The third-order valence-electron chi connectivity index (χ3n) is 3.55. The lowest BCUT2D eigenvalue weighted by atomic mass is 10.1. The van der Waals surface area contributed by atoms with Crippen LogP contribution in [0.2, 0.25) is 5.02 Å². The van der Waals surface area contributed by atoms with E-state index in [0.29, 0.717) is 36.0 Å². The van der Waals surface area contributed by atoms with E-state index in [-0.39, 0.29) is 5.91 Å². The number of hydrogen-bond acceptors (Lipinski definition) is 3. The second-order valence-electron chi connectivity index (χ2n) is 5.59. The Balaban J connectivity index is 1.91. The molecule has 2 rings (SSSR count). The molecular weight excluding hydrogens is 324 g/mol. The molecule has 0 heterocycles. The number of ether oxygens (including phenoxy) is 1. The van der Waals surface area contributed by atoms with Crippen molar-refractivity contribution in [3.8, 4) is 5.75 Å². The average Bonchev–Trinajstić information content (AvgIpc) is 2.52. The maximum Gasteiger partial charge on any atom is 0.226 e. The Morgan fingerprint density at radius 3 is 2.67 bits per heavy atom. The van der Waals surface area contributed by atoms with E-state index < -0.39 is 0 Å². The molecule has 4 nitrogen and oxygen atoms in total. The first-order valence-corrected chi connectivity index (χ1v) is 8.41. The fraction of sp³-hybridized carbons (Fsp3) is 0.316. The quantitative estimate of drug-likeness (QED) is 0.757. The first-order chi connectivity index (χ1) is 11.5. The van der Waals surface area contributed by atoms with E-state index >= 15 is 0 Å². The summed E-state index contributed by atoms with van der Waals surface area (Å²) in [6.45, 7) is 6.98. The Morgan fingerprint density at radius 2 is 1.96 bits per heavy atom. The largest absolute Gasteiger partial charge is 0.492 e. The number of para-hydroxylation sites is 2. The van der Waals surface area contributed by atoms with Gasteiger partial charge in [-0.2, -0.15) is 0 Å². The number of nitrogens with one attached hydrogen (secondary N) is 2. The third kappa shape index (κ3) is 4.90. The van der Waals surface area contributed by atoms with Crippen molar-refractivity contribution in [1.82, 2.24) is 0 Å². The van der Waals surface area contributed by atoms with Gasteiger partial charge in [-0.1, -0.05) is 29.8 Å². The lowest BCUT2D eigenvalue weighted by Gasteiger charge is -2.13. The van der Waals surface area contributed by atoms with Gasteiger partial charge in [-0.3, -0.25) is 4.79 Å². The maximum absolute atomic E-state index is 12.1. The number of carbonyl (C=O) groups excluding carboxylic acids is 1. The first kappa shape index (κ1) is 18.1. The van der Waals surface area contributed by atoms with Gasteiger partial charge in [-0.05, 0) is 50.1 Å². The van der Waals surface area contributed by atoms with Crippen molar-refractivity contribution in [2.75, 3.05) is 23.8 Å². The summed E-state index contributed by atoms with van der Waals surface area (Å²) in [7, 11) is 0. The molecule has 0 saturated carbocycles. The second-order valence-corrected chi connectivity index (χ2v) is 6.00. The summed E-state index contributed by atoms with van der Waals surface area (Å²) in [5.74, 6) is 0.606. The number of anilines is 2. The molecule has 0 atom stereocenters. The second kappa shape index (κ2) is 8.60. The monoisotopic (exact) mass is 346 g/mol. The summed E-state index contributed by atoms with van der Waals surface area (Å²) in [4.78, 5) is 12.1. The number of hydrogen-bond donors (Lipinski definition) is 2. The number of rotatable bonds is 7. The van der Waals surface area contributed by atoms with Gasteiger partial charge in [0.05, 0.1) is 23.0 Å². The highest BCUT2D eigenvalue weighted by Gasteiger charge is 2.09. The molecule has 24 heavy (non-hydrogen) atoms. The molecule has 0 bridgehead atoms. The first-order valence-electron chi connectivity index (χ1n) is 8.03. The summed E-state index contributed by atoms with van der Waals surface area (Å²) in [6, 6.07) is 11.4. The normalized spacial score (nSPS) is 10.3. The van der Waals surface area contributed by atoms with Crippen LogP contribution in [0.5, 0.6) is 5.75 Å². The van der Waals surface area contributed by atoms with Crippen LogP contribution in [-0.2, 0) is 4.79 Å². The Morgan fingerprint density at radius 1 is 1.21 bits per heavy atom. The SMILES string of the molecule is CCOc1ccccc1NC(=O)CCNc1c(C)cc(C)cc1Cl. The van der Waals surface area contributed by atoms with Crippen LogP contribution in [0, 0.1) is 13.8 Å². The summed E-state index contributed by atoms with van der Waals surface area (Å²) >= 11 is 6.26. The van der Waals surface area contributed by atoms with Crippen LogP contribution in [0.3, 0.4) is 0 Å². The fourth-order valence-electron chi connectivity index (χ4n) is 2.50. The van der Waals surface area contributed by atoms with Gasteiger partial charge in [-0.15, -0.1) is 0 Å². The Labute approximate surface area is 148 Å². The molecule has 1 amide bonds. The van der Waals surface area contributed by atoms with Crippen molar-refractivity contribution in [3.05, 3.63) is 52.5 Å². The van der Waals surface area contributed by atoms with Crippen molar-refractivity contribution in [3.63, 3.8) is 0 Å². The molecule has 0 aliphatic rings. The van der Waals surface area contributed by atoms with Gasteiger partial charge in [0.1, 0.15) is 5.75 Å². The van der Waals surface area contributed by atoms with Gasteiger partial charge < -0.3 is 15.4 Å². The lowest BCUT2D eigenvalue weighted by Crippen LogP contribution is -2.17. The van der Waals surface area contributed by atoms with Crippen molar-refractivity contribution < 1.29 is 9.53 Å². The number of halogens is 1. The molecule has 0 fully saturated rings. The molecule has 2 aromatic carbocycles. The topological polar surface area (TPSA) is 50.4 Å². The average molecular weight is 347 g/mol. The molecule has 0 radical (unpaired) electrons. The van der Waals surface area contributed by atoms with Crippen molar-refractivity contribution in [2.24, 2.45) is 0 Å². The third-order valence-corrected chi connectivity index (χ3v) is 3.84. The molecule has 0 aliphatic carbocycles. The van der Waals surface area contributed by atoms with Crippen molar-refractivity contribution in [2.45, 2.75) is 27.2 Å². The maximum atomic E-state index is 12.1. The number of amides is 1. The number of benzene rings is 2. The Kier molecular flexibility index (Phi) is 6.50. The van der Waals surface area contributed by atoms with Crippen LogP contribution in [-0.4, -0.2) is 19.1 Å². The van der Waals surface area contributed by atoms with Gasteiger partial charge in [-0.25, -0.2) is 0 Å². The molecule has 0 aliphatic heterocycles. The molecule has 2 aromatic rings. The van der Waals surface area contributed by atoms with Gasteiger partial charge in [0.15, 0.2) is 0 Å². The molecule has 0 aromatic heterocycles. The zero-order chi connectivity index (χ0) is 17.5. The molecule has 0 saturated heterocycles. The minimum absolute atomic E-state index is 0.0736. The lowest BCUT2D eigenvalue weighted by molar-refractivity contribution is -0.116. The van der Waals surface area contributed by atoms with Gasteiger partial charge in [0, 0.05) is 13.0 Å². The van der Waals surface area contributed by atoms with Crippen LogP contribution >= 0.6 is 11.6 Å². The van der Waals surface area contributed by atoms with Crippen LogP contribution in [0.1, 0.15) is 24.5 Å². The minimum atomic E-state index is -0.0736. The molecule has 0 unspecified atom stereocenters.